The Morgan fingerprint density at radius 1 is 1.16 bits per heavy atom. The Bertz CT molecular complexity index is 1340. The molecule has 0 bridgehead atoms. The van der Waals surface area contributed by atoms with E-state index in [1.807, 2.05) is 0 Å². The van der Waals surface area contributed by atoms with Crippen LogP contribution in [0.25, 0.3) is 11.6 Å². The van der Waals surface area contributed by atoms with Crippen LogP contribution in [0.1, 0.15) is 88.6 Å². The summed E-state index contributed by atoms with van der Waals surface area (Å²) in [4.78, 5) is 15.7. The van der Waals surface area contributed by atoms with E-state index in [0.29, 0.717) is 23.9 Å². The van der Waals surface area contributed by atoms with E-state index >= 15 is 0 Å². The predicted octanol–water partition coefficient (Wildman–Crippen LogP) is 6.06. The lowest BCUT2D eigenvalue weighted by Gasteiger charge is -2.59. The molecular weight excluding hydrogens is 482 g/mol. The molecule has 0 saturated heterocycles. The van der Waals surface area contributed by atoms with Crippen molar-refractivity contribution in [3.05, 3.63) is 52.6 Å². The van der Waals surface area contributed by atoms with Gasteiger partial charge in [0.05, 0.1) is 4.90 Å². The molecule has 5 rings (SSSR count). The van der Waals surface area contributed by atoms with Crippen LogP contribution < -0.4 is 4.72 Å². The third-order valence-corrected chi connectivity index (χ3v) is 11.7. The number of sulfonamides is 1. The van der Waals surface area contributed by atoms with Crippen LogP contribution in [-0.2, 0) is 10.0 Å². The van der Waals surface area contributed by atoms with E-state index in [1.54, 1.807) is 23.8 Å². The van der Waals surface area contributed by atoms with Crippen molar-refractivity contribution < 1.29 is 18.0 Å². The van der Waals surface area contributed by atoms with Gasteiger partial charge in [-0.15, -0.1) is 0 Å². The SMILES string of the molecule is CC(C)C1CC[C@@H]2C(=CCC3[C@@](C)(CNS(=O)(=O)c4cccc5c4C=CC(=[N+]=[N-])C5=O)CCC[C@@]32C)C1. The molecule has 1 N–H and O–H groups in total. The van der Waals surface area contributed by atoms with Crippen molar-refractivity contribution in [3.8, 4) is 0 Å². The highest BCUT2D eigenvalue weighted by Gasteiger charge is 2.55. The largest absolute Gasteiger partial charge is 0.362 e. The minimum Gasteiger partial charge on any atom is -0.361 e. The smallest absolute Gasteiger partial charge is 0.361 e. The summed E-state index contributed by atoms with van der Waals surface area (Å²) >= 11 is 0. The molecule has 0 heterocycles. The standard InChI is InChI=1S/C30H39N3O3S/c1-19(2)20-9-12-24-21(17-20)10-14-27-29(3,15-6-16-30(24,27)4)18-32-37(35,36)26-8-5-7-23-22(26)11-13-25(33-31)28(23)34/h5,7-8,10-11,13,19-20,24,27,32H,6,9,12,14-18H2,1-4H3/t20?,24-,27?,29-,30-/m1/s1. The molecule has 4 aliphatic carbocycles. The summed E-state index contributed by atoms with van der Waals surface area (Å²) in [6, 6.07) is 4.68. The summed E-state index contributed by atoms with van der Waals surface area (Å²) in [6.07, 6.45) is 13.5. The van der Waals surface area contributed by atoms with E-state index in [9.17, 15) is 13.2 Å². The monoisotopic (exact) mass is 521 g/mol. The number of carbonyl (C=O) groups excluding carboxylic acids is 1. The molecular formula is C30H39N3O3S. The summed E-state index contributed by atoms with van der Waals surface area (Å²) in [5.74, 6) is 2.05. The Labute approximate surface area is 221 Å². The van der Waals surface area contributed by atoms with Gasteiger partial charge in [-0.05, 0) is 85.2 Å². The Balaban J connectivity index is 1.39. The van der Waals surface area contributed by atoms with Crippen LogP contribution in [0.15, 0.2) is 40.8 Å². The lowest BCUT2D eigenvalue weighted by Crippen LogP contribution is -2.54. The van der Waals surface area contributed by atoms with E-state index in [2.05, 4.69) is 43.3 Å². The normalized spacial score (nSPS) is 33.3. The van der Waals surface area contributed by atoms with E-state index in [4.69, 9.17) is 5.53 Å². The maximum absolute atomic E-state index is 13.6. The van der Waals surface area contributed by atoms with Gasteiger partial charge in [-0.3, -0.25) is 4.79 Å². The van der Waals surface area contributed by atoms with Crippen molar-refractivity contribution in [2.75, 3.05) is 6.54 Å². The molecule has 0 aliphatic heterocycles. The zero-order valence-electron chi connectivity index (χ0n) is 22.5. The third-order valence-electron chi connectivity index (χ3n) is 10.2. The molecule has 2 saturated carbocycles. The van der Waals surface area contributed by atoms with E-state index < -0.39 is 15.8 Å². The highest BCUT2D eigenvalue weighted by atomic mass is 32.2. The van der Waals surface area contributed by atoms with Gasteiger partial charge >= 0.3 is 5.71 Å². The van der Waals surface area contributed by atoms with Crippen LogP contribution in [0, 0.1) is 34.5 Å². The van der Waals surface area contributed by atoms with Crippen molar-refractivity contribution in [2.24, 2.45) is 34.5 Å². The van der Waals surface area contributed by atoms with Gasteiger partial charge in [-0.25, -0.2) is 13.1 Å². The molecule has 0 aromatic heterocycles. The molecule has 4 aliphatic rings. The fraction of sp³-hybridized carbons (Fsp3) is 0.600. The molecule has 0 amide bonds. The number of carbonyl (C=O) groups is 1. The number of rotatable bonds is 5. The highest BCUT2D eigenvalue weighted by molar-refractivity contribution is 7.89. The highest BCUT2D eigenvalue weighted by Crippen LogP contribution is 2.62. The number of Topliss-reactive ketones (excluding diaryl/α,β-unsaturated/α-hetero) is 1. The summed E-state index contributed by atoms with van der Waals surface area (Å²) < 4.78 is 30.1. The van der Waals surface area contributed by atoms with Crippen LogP contribution in [0.2, 0.25) is 0 Å². The maximum atomic E-state index is 13.6. The lowest BCUT2D eigenvalue weighted by molar-refractivity contribution is -0.0538. The van der Waals surface area contributed by atoms with Crippen molar-refractivity contribution >= 4 is 27.6 Å². The third kappa shape index (κ3) is 4.39. The number of ketones is 1. The second-order valence-corrected chi connectivity index (χ2v) is 14.3. The van der Waals surface area contributed by atoms with Gasteiger partial charge in [0.2, 0.25) is 10.0 Å². The molecule has 0 radical (unpaired) electrons. The number of nitrogens with one attached hydrogen (secondary N) is 1. The second kappa shape index (κ2) is 9.44. The zero-order valence-corrected chi connectivity index (χ0v) is 23.3. The average molecular weight is 522 g/mol. The molecule has 1 aromatic carbocycles. The van der Waals surface area contributed by atoms with Crippen molar-refractivity contribution in [1.29, 1.82) is 0 Å². The van der Waals surface area contributed by atoms with Crippen LogP contribution in [0.3, 0.4) is 0 Å². The van der Waals surface area contributed by atoms with Crippen LogP contribution in [0.5, 0.6) is 0 Å². The van der Waals surface area contributed by atoms with Gasteiger partial charge in [-0.2, -0.15) is 4.79 Å². The number of benzene rings is 1. The van der Waals surface area contributed by atoms with Gasteiger partial charge in [-0.1, -0.05) is 57.9 Å². The van der Waals surface area contributed by atoms with Crippen LogP contribution in [-0.4, -0.2) is 31.2 Å². The first-order chi connectivity index (χ1) is 17.5. The fourth-order valence-electron chi connectivity index (χ4n) is 8.07. The first-order valence-corrected chi connectivity index (χ1v) is 15.2. The van der Waals surface area contributed by atoms with Gasteiger partial charge in [0.25, 0.3) is 5.78 Å². The summed E-state index contributed by atoms with van der Waals surface area (Å²) in [5, 5.41) is 0. The Kier molecular flexibility index (Phi) is 6.71. The van der Waals surface area contributed by atoms with E-state index in [0.717, 1.165) is 31.1 Å². The Morgan fingerprint density at radius 2 is 1.95 bits per heavy atom. The molecule has 2 unspecified atom stereocenters. The first-order valence-electron chi connectivity index (χ1n) is 13.8. The molecule has 6 nitrogen and oxygen atoms in total. The quantitative estimate of drug-likeness (QED) is 0.289. The second-order valence-electron chi connectivity index (χ2n) is 12.6. The van der Waals surface area contributed by atoms with Crippen molar-refractivity contribution in [1.82, 2.24) is 4.72 Å². The van der Waals surface area contributed by atoms with Gasteiger partial charge in [0.1, 0.15) is 0 Å². The maximum Gasteiger partial charge on any atom is 0.362 e. The minimum absolute atomic E-state index is 0.0894. The Morgan fingerprint density at radius 3 is 2.68 bits per heavy atom. The number of allylic oxidation sites excluding steroid dienone is 3. The number of hydrogen-bond acceptors (Lipinski definition) is 3. The molecule has 5 atom stereocenters. The van der Waals surface area contributed by atoms with Crippen LogP contribution in [0.4, 0.5) is 0 Å². The van der Waals surface area contributed by atoms with Crippen molar-refractivity contribution in [2.45, 2.75) is 77.5 Å². The van der Waals surface area contributed by atoms with Crippen molar-refractivity contribution in [3.63, 3.8) is 0 Å². The molecule has 0 spiro atoms. The zero-order chi connectivity index (χ0) is 26.6. The topological polar surface area (TPSA) is 99.6 Å². The number of hydrogen-bond donors (Lipinski definition) is 1. The van der Waals surface area contributed by atoms with Gasteiger partial charge in [0, 0.05) is 23.7 Å². The first kappa shape index (κ1) is 26.3. The predicted molar refractivity (Wildman–Crippen MR) is 146 cm³/mol. The van der Waals surface area contributed by atoms with E-state index in [1.165, 1.54) is 37.8 Å². The molecule has 1 aromatic rings. The minimum atomic E-state index is -3.86. The van der Waals surface area contributed by atoms with Gasteiger partial charge in [0.15, 0.2) is 0 Å². The van der Waals surface area contributed by atoms with E-state index in [-0.39, 0.29) is 27.0 Å². The molecule has 37 heavy (non-hydrogen) atoms. The molecule has 198 valence electrons. The lowest BCUT2D eigenvalue weighted by atomic mass is 9.46. The molecule has 2 fully saturated rings. The fourth-order valence-corrected chi connectivity index (χ4v) is 9.47. The van der Waals surface area contributed by atoms with Crippen LogP contribution >= 0.6 is 0 Å². The Hall–Kier alpha value is -2.34. The number of fused-ring (bicyclic) bond motifs is 4. The summed E-state index contributed by atoms with van der Waals surface area (Å²) in [7, 11) is -3.86. The summed E-state index contributed by atoms with van der Waals surface area (Å²) in [6.45, 7) is 9.81. The summed E-state index contributed by atoms with van der Waals surface area (Å²) in [5.41, 5.74) is 11.3. The van der Waals surface area contributed by atoms with Gasteiger partial charge < -0.3 is 5.53 Å². The average Bonchev–Trinajstić information content (AvgIpc) is 2.87. The number of nitrogens with zero attached hydrogens (tertiary/aromatic N) is 2. The molecule has 7 heteroatoms.